The van der Waals surface area contributed by atoms with E-state index in [1.807, 2.05) is 44.2 Å². The van der Waals surface area contributed by atoms with Crippen molar-refractivity contribution in [1.82, 2.24) is 10.6 Å². The summed E-state index contributed by atoms with van der Waals surface area (Å²) in [5.74, 6) is -1.77. The number of rotatable bonds is 7. The summed E-state index contributed by atoms with van der Waals surface area (Å²) in [6, 6.07) is 13.9. The lowest BCUT2D eigenvalue weighted by Crippen LogP contribution is -2.50. The van der Waals surface area contributed by atoms with Crippen LogP contribution in [0.2, 0.25) is 0 Å². The SMILES string of the molecule is CC(C)C(NC(=O)c1ccccc1F)C(=O)NCC(N)c1ccccc1. The van der Waals surface area contributed by atoms with Crippen molar-refractivity contribution in [2.75, 3.05) is 6.54 Å². The van der Waals surface area contributed by atoms with E-state index in [2.05, 4.69) is 10.6 Å². The van der Waals surface area contributed by atoms with Gasteiger partial charge in [0.2, 0.25) is 5.91 Å². The van der Waals surface area contributed by atoms with E-state index in [-0.39, 0.29) is 30.0 Å². The zero-order valence-electron chi connectivity index (χ0n) is 14.9. The molecule has 2 atom stereocenters. The van der Waals surface area contributed by atoms with Crippen LogP contribution in [-0.4, -0.2) is 24.4 Å². The minimum absolute atomic E-state index is 0.0908. The van der Waals surface area contributed by atoms with Crippen molar-refractivity contribution in [3.05, 3.63) is 71.5 Å². The fourth-order valence-electron chi connectivity index (χ4n) is 2.54. The molecule has 0 aliphatic rings. The standard InChI is InChI=1S/C20H24FN3O2/c1-13(2)18(24-19(25)15-10-6-7-11-16(15)21)20(26)23-12-17(22)14-8-4-3-5-9-14/h3-11,13,17-18H,12,22H2,1-2H3,(H,23,26)(H,24,25). The summed E-state index contributed by atoms with van der Waals surface area (Å²) < 4.78 is 13.8. The van der Waals surface area contributed by atoms with Gasteiger partial charge < -0.3 is 16.4 Å². The highest BCUT2D eigenvalue weighted by molar-refractivity contribution is 5.97. The smallest absolute Gasteiger partial charge is 0.254 e. The zero-order chi connectivity index (χ0) is 19.1. The molecule has 0 saturated heterocycles. The topological polar surface area (TPSA) is 84.2 Å². The lowest BCUT2D eigenvalue weighted by molar-refractivity contribution is -0.124. The molecule has 2 rings (SSSR count). The van der Waals surface area contributed by atoms with Crippen molar-refractivity contribution in [2.45, 2.75) is 25.9 Å². The molecule has 5 nitrogen and oxygen atoms in total. The first-order chi connectivity index (χ1) is 12.4. The van der Waals surface area contributed by atoms with E-state index in [4.69, 9.17) is 5.73 Å². The Labute approximate surface area is 152 Å². The van der Waals surface area contributed by atoms with Gasteiger partial charge in [-0.05, 0) is 23.6 Å². The number of benzene rings is 2. The summed E-state index contributed by atoms with van der Waals surface area (Å²) in [6.07, 6.45) is 0. The average Bonchev–Trinajstić information content (AvgIpc) is 2.64. The highest BCUT2D eigenvalue weighted by Gasteiger charge is 2.25. The maximum absolute atomic E-state index is 13.8. The largest absolute Gasteiger partial charge is 0.352 e. The number of hydrogen-bond acceptors (Lipinski definition) is 3. The molecule has 138 valence electrons. The Balaban J connectivity index is 1.99. The van der Waals surface area contributed by atoms with Crippen molar-refractivity contribution < 1.29 is 14.0 Å². The van der Waals surface area contributed by atoms with Gasteiger partial charge >= 0.3 is 0 Å². The summed E-state index contributed by atoms with van der Waals surface area (Å²) in [5.41, 5.74) is 6.90. The second-order valence-electron chi connectivity index (χ2n) is 6.44. The minimum Gasteiger partial charge on any atom is -0.352 e. The van der Waals surface area contributed by atoms with Crippen molar-refractivity contribution >= 4 is 11.8 Å². The molecule has 2 amide bonds. The molecule has 0 aromatic heterocycles. The van der Waals surface area contributed by atoms with Crippen LogP contribution >= 0.6 is 0 Å². The lowest BCUT2D eigenvalue weighted by Gasteiger charge is -2.23. The van der Waals surface area contributed by atoms with Crippen molar-refractivity contribution in [3.8, 4) is 0 Å². The summed E-state index contributed by atoms with van der Waals surface area (Å²) >= 11 is 0. The Kier molecular flexibility index (Phi) is 6.86. The maximum atomic E-state index is 13.8. The molecule has 0 spiro atoms. The van der Waals surface area contributed by atoms with Crippen LogP contribution in [0.3, 0.4) is 0 Å². The maximum Gasteiger partial charge on any atom is 0.254 e. The normalized spacial score (nSPS) is 13.1. The van der Waals surface area contributed by atoms with E-state index in [1.165, 1.54) is 18.2 Å². The van der Waals surface area contributed by atoms with Crippen LogP contribution in [0.5, 0.6) is 0 Å². The van der Waals surface area contributed by atoms with Crippen LogP contribution in [0.25, 0.3) is 0 Å². The van der Waals surface area contributed by atoms with Crippen molar-refractivity contribution in [2.24, 2.45) is 11.7 Å². The Morgan fingerprint density at radius 3 is 2.27 bits per heavy atom. The van der Waals surface area contributed by atoms with Crippen LogP contribution in [0.1, 0.15) is 35.8 Å². The van der Waals surface area contributed by atoms with Gasteiger partial charge in [-0.15, -0.1) is 0 Å². The molecular weight excluding hydrogens is 333 g/mol. The van der Waals surface area contributed by atoms with Gasteiger partial charge in [-0.25, -0.2) is 4.39 Å². The molecule has 0 bridgehead atoms. The minimum atomic E-state index is -0.787. The second-order valence-corrected chi connectivity index (χ2v) is 6.44. The number of hydrogen-bond donors (Lipinski definition) is 3. The number of nitrogens with two attached hydrogens (primary N) is 1. The molecule has 2 aromatic rings. The van der Waals surface area contributed by atoms with E-state index in [0.717, 1.165) is 5.56 Å². The molecule has 2 unspecified atom stereocenters. The van der Waals surface area contributed by atoms with Crippen LogP contribution in [0, 0.1) is 11.7 Å². The van der Waals surface area contributed by atoms with Gasteiger partial charge in [-0.3, -0.25) is 9.59 Å². The molecule has 0 saturated carbocycles. The van der Waals surface area contributed by atoms with E-state index < -0.39 is 17.8 Å². The van der Waals surface area contributed by atoms with Crippen LogP contribution in [-0.2, 0) is 4.79 Å². The van der Waals surface area contributed by atoms with Crippen LogP contribution in [0.15, 0.2) is 54.6 Å². The first-order valence-electron chi connectivity index (χ1n) is 8.53. The fraction of sp³-hybridized carbons (Fsp3) is 0.300. The molecule has 0 heterocycles. The summed E-state index contributed by atoms with van der Waals surface area (Å²) in [5, 5.41) is 5.37. The van der Waals surface area contributed by atoms with E-state index in [9.17, 15) is 14.0 Å². The van der Waals surface area contributed by atoms with Gasteiger partial charge in [0.25, 0.3) is 5.91 Å². The van der Waals surface area contributed by atoms with Gasteiger partial charge in [0.1, 0.15) is 11.9 Å². The van der Waals surface area contributed by atoms with Gasteiger partial charge in [-0.2, -0.15) is 0 Å². The highest BCUT2D eigenvalue weighted by Crippen LogP contribution is 2.10. The Bertz CT molecular complexity index is 750. The Morgan fingerprint density at radius 1 is 1.04 bits per heavy atom. The number of carbonyl (C=O) groups is 2. The van der Waals surface area contributed by atoms with Gasteiger partial charge in [0.05, 0.1) is 5.56 Å². The van der Waals surface area contributed by atoms with Crippen LogP contribution < -0.4 is 16.4 Å². The number of amides is 2. The summed E-state index contributed by atoms with van der Waals surface area (Å²) in [4.78, 5) is 24.8. The summed E-state index contributed by atoms with van der Waals surface area (Å²) in [7, 11) is 0. The van der Waals surface area contributed by atoms with E-state index in [0.29, 0.717) is 0 Å². The Morgan fingerprint density at radius 2 is 1.65 bits per heavy atom. The third-order valence-corrected chi connectivity index (χ3v) is 4.08. The lowest BCUT2D eigenvalue weighted by atomic mass is 10.0. The first-order valence-corrected chi connectivity index (χ1v) is 8.53. The predicted octanol–water partition coefficient (Wildman–Crippen LogP) is 2.40. The fourth-order valence-corrected chi connectivity index (χ4v) is 2.54. The van der Waals surface area contributed by atoms with Crippen molar-refractivity contribution in [3.63, 3.8) is 0 Å². The summed E-state index contributed by atoms with van der Waals surface area (Å²) in [6.45, 7) is 3.85. The number of nitrogens with one attached hydrogen (secondary N) is 2. The molecule has 0 aliphatic heterocycles. The zero-order valence-corrected chi connectivity index (χ0v) is 14.9. The van der Waals surface area contributed by atoms with E-state index >= 15 is 0 Å². The molecular formula is C20H24FN3O2. The predicted molar refractivity (Wildman–Crippen MR) is 98.9 cm³/mol. The Hall–Kier alpha value is -2.73. The molecule has 0 aliphatic carbocycles. The molecule has 2 aromatic carbocycles. The molecule has 26 heavy (non-hydrogen) atoms. The molecule has 4 N–H and O–H groups in total. The third kappa shape index (κ3) is 5.13. The van der Waals surface area contributed by atoms with Gasteiger partial charge in [-0.1, -0.05) is 56.3 Å². The average molecular weight is 357 g/mol. The third-order valence-electron chi connectivity index (χ3n) is 4.08. The number of halogens is 1. The molecule has 0 fully saturated rings. The highest BCUT2D eigenvalue weighted by atomic mass is 19.1. The quantitative estimate of drug-likeness (QED) is 0.711. The van der Waals surface area contributed by atoms with Crippen LogP contribution in [0.4, 0.5) is 4.39 Å². The molecule has 0 radical (unpaired) electrons. The molecule has 6 heteroatoms. The van der Waals surface area contributed by atoms with Gasteiger partial charge in [0.15, 0.2) is 0 Å². The first kappa shape index (κ1) is 19.6. The van der Waals surface area contributed by atoms with Crippen molar-refractivity contribution in [1.29, 1.82) is 0 Å². The monoisotopic (exact) mass is 357 g/mol. The van der Waals surface area contributed by atoms with Gasteiger partial charge in [0, 0.05) is 12.6 Å². The number of carbonyl (C=O) groups excluding carboxylic acids is 2. The van der Waals surface area contributed by atoms with E-state index in [1.54, 1.807) is 6.07 Å². The second kappa shape index (κ2) is 9.10.